The average molecular weight is 507 g/mol. The molecule has 0 bridgehead atoms. The van der Waals surface area contributed by atoms with E-state index in [1.165, 1.54) is 0 Å². The third-order valence-electron chi connectivity index (χ3n) is 6.84. The number of nitrogens with two attached hydrogens (primary N) is 1. The minimum absolute atomic E-state index is 0.107. The number of fused-ring (bicyclic) bond motifs is 2. The molecule has 1 aliphatic heterocycles. The van der Waals surface area contributed by atoms with Crippen LogP contribution in [0.15, 0.2) is 49.1 Å². The first kappa shape index (κ1) is 24.5. The summed E-state index contributed by atoms with van der Waals surface area (Å²) in [6.45, 7) is 6.29. The number of benzene rings is 1. The summed E-state index contributed by atoms with van der Waals surface area (Å²) in [5.74, 6) is 0. The first-order valence-corrected chi connectivity index (χ1v) is 12.6. The van der Waals surface area contributed by atoms with E-state index in [1.807, 2.05) is 49.9 Å². The Labute approximate surface area is 216 Å². The van der Waals surface area contributed by atoms with Gasteiger partial charge in [-0.3, -0.25) is 9.88 Å². The summed E-state index contributed by atoms with van der Waals surface area (Å²) in [5, 5.41) is 0.649. The molecule has 1 unspecified atom stereocenters. The van der Waals surface area contributed by atoms with Crippen LogP contribution >= 0.6 is 11.6 Å². The van der Waals surface area contributed by atoms with Crippen LogP contribution in [0.1, 0.15) is 54.0 Å². The normalized spacial score (nSPS) is 18.8. The van der Waals surface area contributed by atoms with Crippen LogP contribution in [-0.4, -0.2) is 62.7 Å². The molecule has 1 aliphatic carbocycles. The average Bonchev–Trinajstić information content (AvgIpc) is 3.23. The number of aryl methyl sites for hydroxylation is 1. The topological polar surface area (TPSA) is 89.5 Å². The number of ether oxygens (including phenoxy) is 1. The van der Waals surface area contributed by atoms with Gasteiger partial charge in [0.25, 0.3) is 0 Å². The summed E-state index contributed by atoms with van der Waals surface area (Å²) in [7, 11) is 1.94. The Hall–Kier alpha value is -3.20. The highest BCUT2D eigenvalue weighted by atomic mass is 35.5. The quantitative estimate of drug-likeness (QED) is 0.568. The van der Waals surface area contributed by atoms with Gasteiger partial charge in [0.15, 0.2) is 0 Å². The minimum atomic E-state index is -0.399. The summed E-state index contributed by atoms with van der Waals surface area (Å²) in [6.07, 6.45) is 7.12. The van der Waals surface area contributed by atoms with E-state index in [-0.39, 0.29) is 18.2 Å². The summed E-state index contributed by atoms with van der Waals surface area (Å²) in [6, 6.07) is 9.51. The number of rotatable bonds is 4. The molecule has 0 radical (unpaired) electrons. The Morgan fingerprint density at radius 2 is 1.97 bits per heavy atom. The fourth-order valence-electron chi connectivity index (χ4n) is 5.08. The predicted molar refractivity (Wildman–Crippen MR) is 140 cm³/mol. The van der Waals surface area contributed by atoms with E-state index < -0.39 is 6.04 Å². The first-order valence-electron chi connectivity index (χ1n) is 12.2. The zero-order valence-electron chi connectivity index (χ0n) is 20.8. The van der Waals surface area contributed by atoms with E-state index in [0.29, 0.717) is 31.2 Å². The molecular formula is C27H31ClN6O2. The van der Waals surface area contributed by atoms with Crippen molar-refractivity contribution < 1.29 is 9.53 Å². The monoisotopic (exact) mass is 506 g/mol. The van der Waals surface area contributed by atoms with E-state index in [0.717, 1.165) is 33.7 Å². The lowest BCUT2D eigenvalue weighted by Gasteiger charge is -2.39. The Bertz CT molecular complexity index is 1290. The van der Waals surface area contributed by atoms with Crippen molar-refractivity contribution in [1.82, 2.24) is 24.3 Å². The van der Waals surface area contributed by atoms with Crippen LogP contribution in [0, 0.1) is 0 Å². The number of piperazine rings is 1. The maximum atomic E-state index is 12.5. The third-order valence-corrected chi connectivity index (χ3v) is 7.08. The number of pyridine rings is 1. The van der Waals surface area contributed by atoms with Crippen molar-refractivity contribution in [2.24, 2.45) is 12.8 Å². The summed E-state index contributed by atoms with van der Waals surface area (Å²) in [4.78, 5) is 25.7. The molecule has 0 saturated carbocycles. The van der Waals surface area contributed by atoms with Crippen LogP contribution in [0.2, 0.25) is 5.02 Å². The SMILES string of the molecule is CC(C)OC(=O)N1CCN(C2c3ccc(Cl)cc3C([C@H](N)c3cncn3C)=Cc3cccnc32)CC1. The van der Waals surface area contributed by atoms with E-state index in [9.17, 15) is 4.79 Å². The molecule has 188 valence electrons. The summed E-state index contributed by atoms with van der Waals surface area (Å²) in [5.41, 5.74) is 12.8. The number of aromatic nitrogens is 3. The van der Waals surface area contributed by atoms with Crippen LogP contribution < -0.4 is 5.73 Å². The lowest BCUT2D eigenvalue weighted by Crippen LogP contribution is -2.50. The molecule has 5 rings (SSSR count). The number of carbonyl (C=O) groups excluding carboxylic acids is 1. The molecule has 2 aliphatic rings. The molecule has 3 heterocycles. The predicted octanol–water partition coefficient (Wildman–Crippen LogP) is 4.27. The Kier molecular flexibility index (Phi) is 6.83. The zero-order chi connectivity index (χ0) is 25.4. The van der Waals surface area contributed by atoms with Crippen LogP contribution in [0.4, 0.5) is 4.79 Å². The van der Waals surface area contributed by atoms with Crippen LogP contribution in [0.3, 0.4) is 0 Å². The van der Waals surface area contributed by atoms with Gasteiger partial charge in [0.2, 0.25) is 0 Å². The molecule has 0 spiro atoms. The number of imidazole rings is 1. The van der Waals surface area contributed by atoms with Gasteiger partial charge < -0.3 is 19.9 Å². The maximum Gasteiger partial charge on any atom is 0.410 e. The molecule has 2 atom stereocenters. The molecule has 36 heavy (non-hydrogen) atoms. The lowest BCUT2D eigenvalue weighted by atomic mass is 9.90. The Balaban J connectivity index is 1.55. The third kappa shape index (κ3) is 4.64. The molecule has 1 saturated heterocycles. The molecular weight excluding hydrogens is 476 g/mol. The fourth-order valence-corrected chi connectivity index (χ4v) is 5.25. The van der Waals surface area contributed by atoms with Crippen molar-refractivity contribution in [3.63, 3.8) is 0 Å². The summed E-state index contributed by atoms with van der Waals surface area (Å²) < 4.78 is 7.36. The van der Waals surface area contributed by atoms with E-state index in [4.69, 9.17) is 27.1 Å². The second-order valence-corrected chi connectivity index (χ2v) is 10.0. The Morgan fingerprint density at radius 1 is 1.19 bits per heavy atom. The number of hydrogen-bond donors (Lipinski definition) is 1. The molecule has 8 nitrogen and oxygen atoms in total. The summed E-state index contributed by atoms with van der Waals surface area (Å²) >= 11 is 6.52. The largest absolute Gasteiger partial charge is 0.447 e. The van der Waals surface area contributed by atoms with Gasteiger partial charge in [-0.1, -0.05) is 23.7 Å². The van der Waals surface area contributed by atoms with Gasteiger partial charge in [-0.05, 0) is 60.4 Å². The van der Waals surface area contributed by atoms with Crippen molar-refractivity contribution in [3.05, 3.63) is 82.2 Å². The smallest absolute Gasteiger partial charge is 0.410 e. The molecule has 1 aromatic carbocycles. The highest BCUT2D eigenvalue weighted by molar-refractivity contribution is 6.30. The van der Waals surface area contributed by atoms with Crippen molar-refractivity contribution >= 4 is 29.3 Å². The standard InChI is InChI=1S/C27H31ClN6O2/c1-17(2)36-27(35)34-11-9-33(10-12-34)26-20-7-6-19(28)14-21(20)22(13-18-5-4-8-31-25(18)26)24(29)23-15-30-16-32(23)3/h4-8,13-17,24,26H,9-12,29H2,1-3H3/t24-,26?/m0/s1. The van der Waals surface area contributed by atoms with Crippen LogP contribution in [-0.2, 0) is 11.8 Å². The van der Waals surface area contributed by atoms with Gasteiger partial charge in [0.1, 0.15) is 0 Å². The second-order valence-electron chi connectivity index (χ2n) is 9.57. The minimum Gasteiger partial charge on any atom is -0.447 e. The van der Waals surface area contributed by atoms with Crippen molar-refractivity contribution in [1.29, 1.82) is 0 Å². The zero-order valence-corrected chi connectivity index (χ0v) is 21.5. The van der Waals surface area contributed by atoms with Crippen molar-refractivity contribution in [3.8, 4) is 0 Å². The van der Waals surface area contributed by atoms with E-state index >= 15 is 0 Å². The van der Waals surface area contributed by atoms with Gasteiger partial charge in [0.05, 0.1) is 42.1 Å². The first-order chi connectivity index (χ1) is 17.3. The van der Waals surface area contributed by atoms with Gasteiger partial charge in [0, 0.05) is 44.4 Å². The van der Waals surface area contributed by atoms with E-state index in [1.54, 1.807) is 17.4 Å². The van der Waals surface area contributed by atoms with Crippen molar-refractivity contribution in [2.75, 3.05) is 26.2 Å². The molecule has 1 amide bonds. The Morgan fingerprint density at radius 3 is 2.67 bits per heavy atom. The number of amides is 1. The molecule has 1 fully saturated rings. The van der Waals surface area contributed by atoms with Gasteiger partial charge >= 0.3 is 6.09 Å². The fraction of sp³-hybridized carbons (Fsp3) is 0.370. The number of halogens is 1. The van der Waals surface area contributed by atoms with Crippen LogP contribution in [0.25, 0.3) is 11.6 Å². The van der Waals surface area contributed by atoms with Gasteiger partial charge in [-0.25, -0.2) is 9.78 Å². The number of hydrogen-bond acceptors (Lipinski definition) is 6. The van der Waals surface area contributed by atoms with Gasteiger partial charge in [-0.15, -0.1) is 0 Å². The van der Waals surface area contributed by atoms with Crippen LogP contribution in [0.5, 0.6) is 0 Å². The number of nitrogens with zero attached hydrogens (tertiary/aromatic N) is 5. The van der Waals surface area contributed by atoms with Crippen molar-refractivity contribution in [2.45, 2.75) is 32.0 Å². The second kappa shape index (κ2) is 10.0. The molecule has 9 heteroatoms. The number of carbonyl (C=O) groups is 1. The van der Waals surface area contributed by atoms with E-state index in [2.05, 4.69) is 28.1 Å². The van der Waals surface area contributed by atoms with Gasteiger partial charge in [-0.2, -0.15) is 0 Å². The molecule has 2 N–H and O–H groups in total. The lowest BCUT2D eigenvalue weighted by molar-refractivity contribution is 0.0513. The highest BCUT2D eigenvalue weighted by Crippen LogP contribution is 2.43. The molecule has 3 aromatic rings. The molecule has 2 aromatic heterocycles. The maximum absolute atomic E-state index is 12.5. The highest BCUT2D eigenvalue weighted by Gasteiger charge is 2.35.